The summed E-state index contributed by atoms with van der Waals surface area (Å²) in [4.78, 5) is 21.7. The molecule has 0 fully saturated rings. The van der Waals surface area contributed by atoms with Gasteiger partial charge < -0.3 is 11.5 Å². The normalized spacial score (nSPS) is 13.8. The van der Waals surface area contributed by atoms with Crippen molar-refractivity contribution in [3.63, 3.8) is 0 Å². The third-order valence-corrected chi connectivity index (χ3v) is 6.01. The van der Waals surface area contributed by atoms with Crippen molar-refractivity contribution in [3.05, 3.63) is 0 Å². The molecule has 0 aliphatic rings. The molecular weight excluding hydrogens is 494 g/mol. The van der Waals surface area contributed by atoms with E-state index < -0.39 is 0 Å². The third kappa shape index (κ3) is 13.8. The maximum Gasteiger partial charge on any atom is 0.230 e. The van der Waals surface area contributed by atoms with Crippen LogP contribution in [0.5, 0.6) is 0 Å². The molecule has 2 amide bonds. The molecule has 0 saturated carbocycles. The largest absolute Gasteiger partial charge is 0.369 e. The molecule has 0 aliphatic heterocycles. The van der Waals surface area contributed by atoms with Crippen LogP contribution in [0.2, 0.25) is 0 Å². The summed E-state index contributed by atoms with van der Waals surface area (Å²) in [6.45, 7) is 0. The van der Waals surface area contributed by atoms with Crippen molar-refractivity contribution in [3.8, 4) is 0 Å². The van der Waals surface area contributed by atoms with E-state index in [0.29, 0.717) is 0 Å². The molecule has 2 atom stereocenters. The predicted molar refractivity (Wildman–Crippen MR) is 105 cm³/mol. The average molecular weight is 522 g/mol. The number of carbonyl (C=O) groups excluding carboxylic acids is 2. The first kappa shape index (κ1) is 21.4. The van der Waals surface area contributed by atoms with Crippen LogP contribution >= 0.6 is 45.2 Å². The highest BCUT2D eigenvalue weighted by Crippen LogP contribution is 2.16. The summed E-state index contributed by atoms with van der Waals surface area (Å²) >= 11 is 4.25. The molecule has 0 aromatic carbocycles. The van der Waals surface area contributed by atoms with Gasteiger partial charge >= 0.3 is 0 Å². The highest BCUT2D eigenvalue weighted by molar-refractivity contribution is 14.1. The zero-order valence-electron chi connectivity index (χ0n) is 12.7. The van der Waals surface area contributed by atoms with E-state index in [1.165, 1.54) is 44.9 Å². The fraction of sp³-hybridized carbons (Fsp3) is 0.867. The number of alkyl halides is 2. The highest BCUT2D eigenvalue weighted by atomic mass is 127. The van der Waals surface area contributed by atoms with Gasteiger partial charge in [0.05, 0.1) is 7.85 Å². The van der Waals surface area contributed by atoms with E-state index >= 15 is 0 Å². The lowest BCUT2D eigenvalue weighted by molar-refractivity contribution is -0.118. The van der Waals surface area contributed by atoms with Crippen molar-refractivity contribution in [2.45, 2.75) is 78.5 Å². The molecule has 2 unspecified atom stereocenters. The average Bonchev–Trinajstić information content (AvgIpc) is 2.43. The maximum atomic E-state index is 10.9. The van der Waals surface area contributed by atoms with Gasteiger partial charge in [-0.2, -0.15) is 0 Å². The predicted octanol–water partition coefficient (Wildman–Crippen LogP) is 3.86. The summed E-state index contributed by atoms with van der Waals surface area (Å²) in [5.41, 5.74) is 10.4. The van der Waals surface area contributed by atoms with E-state index in [9.17, 15) is 9.59 Å². The smallest absolute Gasteiger partial charge is 0.230 e. The SMILES string of the molecule is NC(=O)C(I)CCCCCCCCCCCC(I)C(N)=O. The van der Waals surface area contributed by atoms with Gasteiger partial charge in [-0.15, -0.1) is 0 Å². The molecule has 0 saturated heterocycles. The Hall–Kier alpha value is 0.400. The minimum atomic E-state index is -0.194. The number of halogens is 2. The molecule has 0 aliphatic carbocycles. The van der Waals surface area contributed by atoms with Crippen molar-refractivity contribution in [1.29, 1.82) is 0 Å². The lowest BCUT2D eigenvalue weighted by Gasteiger charge is -2.06. The number of amides is 2. The summed E-state index contributed by atoms with van der Waals surface area (Å²) in [6, 6.07) is 0. The molecule has 0 aromatic rings. The van der Waals surface area contributed by atoms with E-state index in [2.05, 4.69) is 45.2 Å². The van der Waals surface area contributed by atoms with Gasteiger partial charge in [-0.3, -0.25) is 9.59 Å². The van der Waals surface area contributed by atoms with Gasteiger partial charge in [-0.1, -0.05) is 103 Å². The van der Waals surface area contributed by atoms with Crippen LogP contribution in [0, 0.1) is 0 Å². The minimum absolute atomic E-state index is 0.00951. The number of hydrogen-bond acceptors (Lipinski definition) is 2. The monoisotopic (exact) mass is 522 g/mol. The molecule has 21 heavy (non-hydrogen) atoms. The van der Waals surface area contributed by atoms with Gasteiger partial charge in [0.2, 0.25) is 11.8 Å². The summed E-state index contributed by atoms with van der Waals surface area (Å²) in [6.07, 6.45) is 12.7. The van der Waals surface area contributed by atoms with Gasteiger partial charge in [0.1, 0.15) is 0 Å². The van der Waals surface area contributed by atoms with Crippen molar-refractivity contribution in [2.24, 2.45) is 11.5 Å². The van der Waals surface area contributed by atoms with Crippen LogP contribution in [0.25, 0.3) is 0 Å². The second-order valence-corrected chi connectivity index (χ2v) is 8.51. The fourth-order valence-corrected chi connectivity index (χ4v) is 3.05. The Labute approximate surface area is 155 Å². The Balaban J connectivity index is 3.19. The van der Waals surface area contributed by atoms with E-state index in [-0.39, 0.29) is 19.7 Å². The van der Waals surface area contributed by atoms with Crippen LogP contribution in [0.1, 0.15) is 70.6 Å². The summed E-state index contributed by atoms with van der Waals surface area (Å²) in [7, 11) is 0. The molecule has 124 valence electrons. The molecule has 0 bridgehead atoms. The van der Waals surface area contributed by atoms with Crippen LogP contribution in [0.15, 0.2) is 0 Å². The third-order valence-electron chi connectivity index (χ3n) is 3.53. The van der Waals surface area contributed by atoms with E-state index in [0.717, 1.165) is 25.7 Å². The first-order valence-corrected chi connectivity index (χ1v) is 10.3. The molecule has 0 radical (unpaired) electrons. The molecule has 0 rings (SSSR count). The lowest BCUT2D eigenvalue weighted by atomic mass is 10.0. The van der Waals surface area contributed by atoms with Gasteiger partial charge in [-0.25, -0.2) is 0 Å². The molecule has 0 spiro atoms. The number of carbonyl (C=O) groups is 2. The van der Waals surface area contributed by atoms with Gasteiger partial charge in [0, 0.05) is 0 Å². The molecule has 0 aromatic heterocycles. The zero-order valence-corrected chi connectivity index (χ0v) is 17.0. The van der Waals surface area contributed by atoms with Crippen LogP contribution in [-0.2, 0) is 9.59 Å². The van der Waals surface area contributed by atoms with E-state index in [4.69, 9.17) is 11.5 Å². The van der Waals surface area contributed by atoms with E-state index in [1.807, 2.05) is 0 Å². The Morgan fingerprint density at radius 1 is 0.619 bits per heavy atom. The van der Waals surface area contributed by atoms with Crippen LogP contribution in [0.4, 0.5) is 0 Å². The molecule has 6 heteroatoms. The number of rotatable bonds is 14. The van der Waals surface area contributed by atoms with Crippen LogP contribution in [0.3, 0.4) is 0 Å². The molecule has 4 N–H and O–H groups in total. The van der Waals surface area contributed by atoms with Gasteiger partial charge in [0.15, 0.2) is 0 Å². The summed E-state index contributed by atoms with van der Waals surface area (Å²) in [5.74, 6) is -0.388. The van der Waals surface area contributed by atoms with Crippen molar-refractivity contribution in [2.75, 3.05) is 0 Å². The quantitative estimate of drug-likeness (QED) is 0.206. The van der Waals surface area contributed by atoms with Crippen molar-refractivity contribution in [1.82, 2.24) is 0 Å². The second-order valence-electron chi connectivity index (χ2n) is 5.50. The van der Waals surface area contributed by atoms with Gasteiger partial charge in [0.25, 0.3) is 0 Å². The fourth-order valence-electron chi connectivity index (χ4n) is 2.17. The first-order chi connectivity index (χ1) is 9.95. The van der Waals surface area contributed by atoms with Gasteiger partial charge in [-0.05, 0) is 12.8 Å². The Morgan fingerprint density at radius 3 is 1.10 bits per heavy atom. The molecular formula is C15H28I2N2O2. The number of primary amides is 2. The Bertz CT molecular complexity index is 273. The number of unbranched alkanes of at least 4 members (excludes halogenated alkanes) is 8. The maximum absolute atomic E-state index is 10.9. The topological polar surface area (TPSA) is 86.2 Å². The van der Waals surface area contributed by atoms with Crippen molar-refractivity contribution >= 4 is 57.0 Å². The van der Waals surface area contributed by atoms with Crippen LogP contribution < -0.4 is 11.5 Å². The standard InChI is InChI=1S/C15H28I2N2O2/c16-12(14(18)20)10-8-6-4-2-1-3-5-7-9-11-13(17)15(19)21/h12-13H,1-11H2,(H2,18,20)(H2,19,21). The summed E-state index contributed by atoms with van der Waals surface area (Å²) in [5, 5.41) is 0. The second kappa shape index (κ2) is 14.0. The van der Waals surface area contributed by atoms with Crippen LogP contribution in [-0.4, -0.2) is 19.7 Å². The highest BCUT2D eigenvalue weighted by Gasteiger charge is 2.09. The zero-order chi connectivity index (χ0) is 16.1. The molecule has 0 heterocycles. The molecule has 4 nitrogen and oxygen atoms in total. The van der Waals surface area contributed by atoms with Crippen molar-refractivity contribution < 1.29 is 9.59 Å². The minimum Gasteiger partial charge on any atom is -0.369 e. The lowest BCUT2D eigenvalue weighted by Crippen LogP contribution is -2.22. The Kier molecular flexibility index (Phi) is 14.3. The first-order valence-electron chi connectivity index (χ1n) is 7.82. The number of nitrogens with two attached hydrogens (primary N) is 2. The Morgan fingerprint density at radius 2 is 0.857 bits per heavy atom. The van der Waals surface area contributed by atoms with E-state index in [1.54, 1.807) is 0 Å². The summed E-state index contributed by atoms with van der Waals surface area (Å²) < 4.78 is -0.0190. The number of hydrogen-bond donors (Lipinski definition) is 2.